The van der Waals surface area contributed by atoms with E-state index in [9.17, 15) is 19.0 Å². The number of carbonyl (C=O) groups excluding carboxylic acids is 2. The van der Waals surface area contributed by atoms with Crippen LogP contribution in [0.5, 0.6) is 0 Å². The van der Waals surface area contributed by atoms with Crippen LogP contribution >= 0.6 is 7.82 Å². The van der Waals surface area contributed by atoms with Crippen LogP contribution in [0.2, 0.25) is 0 Å². The predicted molar refractivity (Wildman–Crippen MR) is 328 cm³/mol. The van der Waals surface area contributed by atoms with Gasteiger partial charge < -0.3 is 19.4 Å². The molecule has 1 amide bonds. The molecule has 2 N–H and O–H groups in total. The number of ether oxygens (including phenoxy) is 1. The quantitative estimate of drug-likeness (QED) is 0.0205. The molecule has 0 saturated carbocycles. The maximum Gasteiger partial charge on any atom is 0.472 e. The predicted octanol–water partition coefficient (Wildman–Crippen LogP) is 19.4. The van der Waals surface area contributed by atoms with E-state index in [0.29, 0.717) is 17.4 Å². The molecule has 9 nitrogen and oxygen atoms in total. The lowest BCUT2D eigenvalue weighted by atomic mass is 10.0. The molecule has 0 aliphatic rings. The second-order valence-electron chi connectivity index (χ2n) is 22.2. The molecular formula is C66H120N2O7P+. The Bertz CT molecular complexity index is 1580. The van der Waals surface area contributed by atoms with Gasteiger partial charge in [0.1, 0.15) is 19.3 Å². The highest BCUT2D eigenvalue weighted by molar-refractivity contribution is 7.47. The molecule has 0 aromatic carbocycles. The molecule has 3 unspecified atom stereocenters. The minimum Gasteiger partial charge on any atom is -0.456 e. The van der Waals surface area contributed by atoms with E-state index in [1.807, 2.05) is 33.3 Å². The Hall–Kier alpha value is -2.81. The van der Waals surface area contributed by atoms with Crippen molar-refractivity contribution in [3.05, 3.63) is 85.1 Å². The molecule has 0 aromatic rings. The summed E-state index contributed by atoms with van der Waals surface area (Å²) in [6.07, 6.45) is 72.9. The molecule has 0 fully saturated rings. The summed E-state index contributed by atoms with van der Waals surface area (Å²) in [6, 6.07) is -0.861. The molecule has 0 aliphatic heterocycles. The third-order valence-electron chi connectivity index (χ3n) is 13.6. The van der Waals surface area contributed by atoms with Crippen molar-refractivity contribution in [1.29, 1.82) is 0 Å². The Morgan fingerprint density at radius 3 is 1.29 bits per heavy atom. The Kier molecular flexibility index (Phi) is 53.5. The van der Waals surface area contributed by atoms with E-state index in [4.69, 9.17) is 13.8 Å². The number of nitrogens with zero attached hydrogens (tertiary/aromatic N) is 1. The Labute approximate surface area is 469 Å². The standard InChI is InChI=1S/C66H119N2O7P/c1-7-10-13-16-19-22-25-28-30-31-32-33-34-35-36-37-38-40-43-46-49-52-55-58-65(69)67-63(62-74-76(71,72)73-61-60-68(4,5)6)64(57-54-51-48-45-42-39-27-24-21-18-15-12-9-3)75-66(70)59-56-53-50-47-44-41-29-26-23-20-17-14-11-8-2/h11,14,19-20,22-23,28,30,32-33,35-36,54,57,63-64H,7-10,12-13,15-18,21,24-27,29,31,34,37-53,55-56,58-62H2,1-6H3,(H-,67,69,71,72)/p+1/b14-11+,22-19-,23-20+,30-28-,33-32-,36-35-,57-54-. The number of carbonyl (C=O) groups is 2. The fourth-order valence-electron chi connectivity index (χ4n) is 8.73. The first kappa shape index (κ1) is 73.2. The van der Waals surface area contributed by atoms with Crippen molar-refractivity contribution in [2.45, 2.75) is 283 Å². The molecule has 440 valence electrons. The molecule has 0 radical (unpaired) electrons. The highest BCUT2D eigenvalue weighted by atomic mass is 31.2. The molecule has 0 rings (SSSR count). The van der Waals surface area contributed by atoms with Gasteiger partial charge in [-0.15, -0.1) is 0 Å². The SMILES string of the molecule is CC/C=C/C/C=C/CCCCCCCCCC(=O)OC(/C=C\CCCCCCCCCCCCC)C(COP(=O)(O)OCC[N+](C)(C)C)NC(=O)CCCCCCCCC/C=C\C/C=C\C/C=C\C/C=C\CCCCC. The smallest absolute Gasteiger partial charge is 0.456 e. The van der Waals surface area contributed by atoms with E-state index in [-0.39, 0.29) is 31.5 Å². The van der Waals surface area contributed by atoms with Gasteiger partial charge in [-0.25, -0.2) is 4.57 Å². The fourth-order valence-corrected chi connectivity index (χ4v) is 9.46. The van der Waals surface area contributed by atoms with Crippen molar-refractivity contribution in [1.82, 2.24) is 5.32 Å². The third kappa shape index (κ3) is 55.9. The lowest BCUT2D eigenvalue weighted by molar-refractivity contribution is -0.870. The lowest BCUT2D eigenvalue weighted by Crippen LogP contribution is -2.47. The van der Waals surface area contributed by atoms with Gasteiger partial charge in [-0.2, -0.15) is 0 Å². The van der Waals surface area contributed by atoms with Crippen LogP contribution in [0.4, 0.5) is 0 Å². The monoisotopic (exact) mass is 1080 g/mol. The van der Waals surface area contributed by atoms with Gasteiger partial charge in [-0.05, 0) is 102 Å². The van der Waals surface area contributed by atoms with Crippen LogP contribution in [0.15, 0.2) is 85.1 Å². The second kappa shape index (κ2) is 55.5. The van der Waals surface area contributed by atoms with Crippen molar-refractivity contribution >= 4 is 19.7 Å². The Morgan fingerprint density at radius 1 is 0.474 bits per heavy atom. The number of amides is 1. The molecule has 3 atom stereocenters. The number of hydrogen-bond acceptors (Lipinski definition) is 6. The highest BCUT2D eigenvalue weighted by Crippen LogP contribution is 2.43. The molecular weight excluding hydrogens is 964 g/mol. The summed E-state index contributed by atoms with van der Waals surface area (Å²) in [4.78, 5) is 37.7. The van der Waals surface area contributed by atoms with E-state index in [0.717, 1.165) is 116 Å². The van der Waals surface area contributed by atoms with E-state index < -0.39 is 20.0 Å². The van der Waals surface area contributed by atoms with E-state index >= 15 is 0 Å². The summed E-state index contributed by atoms with van der Waals surface area (Å²) < 4.78 is 30.7. The number of phosphoric acid groups is 1. The maximum absolute atomic E-state index is 13.6. The molecule has 0 aliphatic carbocycles. The average molecular weight is 1080 g/mol. The van der Waals surface area contributed by atoms with Gasteiger partial charge in [-0.1, -0.05) is 241 Å². The van der Waals surface area contributed by atoms with Crippen molar-refractivity contribution in [3.63, 3.8) is 0 Å². The molecule has 0 spiro atoms. The zero-order valence-electron chi connectivity index (χ0n) is 50.2. The minimum absolute atomic E-state index is 0.0332. The molecule has 76 heavy (non-hydrogen) atoms. The number of nitrogens with one attached hydrogen (secondary N) is 1. The number of quaternary nitrogens is 1. The van der Waals surface area contributed by atoms with Crippen LogP contribution in [0.1, 0.15) is 271 Å². The lowest BCUT2D eigenvalue weighted by Gasteiger charge is -2.27. The number of unbranched alkanes of at least 4 members (excludes halogenated alkanes) is 28. The maximum atomic E-state index is 13.6. The fraction of sp³-hybridized carbons (Fsp3) is 0.758. The minimum atomic E-state index is -4.46. The van der Waals surface area contributed by atoms with Crippen LogP contribution in [0, 0.1) is 0 Å². The van der Waals surface area contributed by atoms with Gasteiger partial charge in [0.15, 0.2) is 0 Å². The summed E-state index contributed by atoms with van der Waals surface area (Å²) in [7, 11) is 1.48. The number of phosphoric ester groups is 1. The van der Waals surface area contributed by atoms with Gasteiger partial charge in [0.25, 0.3) is 0 Å². The number of esters is 1. The molecule has 0 saturated heterocycles. The number of likely N-dealkylation sites (N-methyl/N-ethyl adjacent to an activating group) is 1. The van der Waals surface area contributed by atoms with E-state index in [2.05, 4.69) is 99.0 Å². The van der Waals surface area contributed by atoms with Crippen molar-refractivity contribution in [2.24, 2.45) is 0 Å². The summed E-state index contributed by atoms with van der Waals surface area (Å²) in [5.74, 6) is -0.527. The number of allylic oxidation sites excluding steroid dienone is 13. The topological polar surface area (TPSA) is 111 Å². The first-order valence-electron chi connectivity index (χ1n) is 31.4. The van der Waals surface area contributed by atoms with Gasteiger partial charge in [0.05, 0.1) is 33.8 Å². The van der Waals surface area contributed by atoms with Crippen molar-refractivity contribution in [2.75, 3.05) is 40.9 Å². The first-order valence-corrected chi connectivity index (χ1v) is 32.9. The normalized spacial score (nSPS) is 14.2. The van der Waals surface area contributed by atoms with E-state index in [1.165, 1.54) is 122 Å². The highest BCUT2D eigenvalue weighted by Gasteiger charge is 2.30. The Morgan fingerprint density at radius 2 is 0.842 bits per heavy atom. The van der Waals surface area contributed by atoms with Crippen LogP contribution in [-0.4, -0.2) is 74.3 Å². The second-order valence-corrected chi connectivity index (χ2v) is 23.6. The van der Waals surface area contributed by atoms with Gasteiger partial charge in [-0.3, -0.25) is 18.6 Å². The number of hydrogen-bond donors (Lipinski definition) is 2. The van der Waals surface area contributed by atoms with Gasteiger partial charge in [0, 0.05) is 12.8 Å². The van der Waals surface area contributed by atoms with Crippen molar-refractivity contribution < 1.29 is 37.3 Å². The molecule has 0 aromatic heterocycles. The van der Waals surface area contributed by atoms with Crippen LogP contribution in [0.3, 0.4) is 0 Å². The summed E-state index contributed by atoms with van der Waals surface area (Å²) in [5, 5.41) is 3.05. The Balaban J connectivity index is 5.25. The van der Waals surface area contributed by atoms with Crippen LogP contribution in [-0.2, 0) is 27.9 Å². The molecule has 10 heteroatoms. The average Bonchev–Trinajstić information content (AvgIpc) is 3.38. The zero-order chi connectivity index (χ0) is 55.7. The largest absolute Gasteiger partial charge is 0.472 e. The summed E-state index contributed by atoms with van der Waals surface area (Å²) in [6.45, 7) is 6.87. The third-order valence-corrected chi connectivity index (χ3v) is 14.6. The van der Waals surface area contributed by atoms with Crippen LogP contribution < -0.4 is 5.32 Å². The zero-order valence-corrected chi connectivity index (χ0v) is 51.1. The number of rotatable bonds is 56. The first-order chi connectivity index (χ1) is 36.9. The van der Waals surface area contributed by atoms with Crippen molar-refractivity contribution in [3.8, 4) is 0 Å². The van der Waals surface area contributed by atoms with Crippen LogP contribution in [0.25, 0.3) is 0 Å². The summed E-state index contributed by atoms with van der Waals surface area (Å²) in [5.41, 5.74) is 0. The molecule has 0 heterocycles. The van der Waals surface area contributed by atoms with Gasteiger partial charge in [0.2, 0.25) is 5.91 Å². The van der Waals surface area contributed by atoms with E-state index in [1.54, 1.807) is 0 Å². The molecule has 0 bridgehead atoms. The van der Waals surface area contributed by atoms with Gasteiger partial charge >= 0.3 is 13.8 Å². The summed E-state index contributed by atoms with van der Waals surface area (Å²) >= 11 is 0.